The SMILES string of the molecule is NCCCC[C@H](N)C(=O)O.[Ag]. The Kier molecular flexibility index (Phi) is 10.3. The number of carbonyl (C=O) groups is 1. The Bertz CT molecular complexity index is 111. The first-order valence-electron chi connectivity index (χ1n) is 3.37. The molecule has 0 heterocycles. The van der Waals surface area contributed by atoms with Gasteiger partial charge >= 0.3 is 5.97 Å². The molecule has 5 heteroatoms. The Hall–Kier alpha value is 0.130. The summed E-state index contributed by atoms with van der Waals surface area (Å²) in [5, 5.41) is 8.33. The molecule has 0 fully saturated rings. The Balaban J connectivity index is 0. The molecule has 0 rings (SSSR count). The van der Waals surface area contributed by atoms with Crippen molar-refractivity contribution in [2.24, 2.45) is 11.5 Å². The minimum atomic E-state index is -0.933. The predicted octanol–water partition coefficient (Wildman–Crippen LogP) is -0.475. The van der Waals surface area contributed by atoms with E-state index in [1.165, 1.54) is 0 Å². The van der Waals surface area contributed by atoms with E-state index in [-0.39, 0.29) is 22.4 Å². The molecule has 0 aliphatic rings. The molecule has 71 valence electrons. The van der Waals surface area contributed by atoms with E-state index in [0.29, 0.717) is 13.0 Å². The largest absolute Gasteiger partial charge is 0.480 e. The van der Waals surface area contributed by atoms with Crippen molar-refractivity contribution in [1.29, 1.82) is 0 Å². The van der Waals surface area contributed by atoms with Gasteiger partial charge in [0, 0.05) is 22.4 Å². The van der Waals surface area contributed by atoms with Crippen molar-refractivity contribution in [2.75, 3.05) is 6.54 Å². The van der Waals surface area contributed by atoms with Crippen LogP contribution in [0, 0.1) is 0 Å². The van der Waals surface area contributed by atoms with E-state index in [0.717, 1.165) is 12.8 Å². The topological polar surface area (TPSA) is 89.3 Å². The molecule has 0 aromatic carbocycles. The first kappa shape index (κ1) is 13.7. The molecule has 4 nitrogen and oxygen atoms in total. The first-order chi connectivity index (χ1) is 4.68. The van der Waals surface area contributed by atoms with E-state index in [9.17, 15) is 4.79 Å². The summed E-state index contributed by atoms with van der Waals surface area (Å²) in [5.41, 5.74) is 10.4. The summed E-state index contributed by atoms with van der Waals surface area (Å²) < 4.78 is 0. The van der Waals surface area contributed by atoms with Gasteiger partial charge in [-0.1, -0.05) is 6.42 Å². The van der Waals surface area contributed by atoms with Gasteiger partial charge in [-0.3, -0.25) is 4.79 Å². The summed E-state index contributed by atoms with van der Waals surface area (Å²) in [4.78, 5) is 10.1. The summed E-state index contributed by atoms with van der Waals surface area (Å²) in [5.74, 6) is -0.933. The van der Waals surface area contributed by atoms with Crippen molar-refractivity contribution in [1.82, 2.24) is 0 Å². The summed E-state index contributed by atoms with van der Waals surface area (Å²) in [7, 11) is 0. The average molecular weight is 254 g/mol. The maximum atomic E-state index is 10.1. The van der Waals surface area contributed by atoms with Crippen molar-refractivity contribution in [3.63, 3.8) is 0 Å². The van der Waals surface area contributed by atoms with Crippen molar-refractivity contribution in [3.05, 3.63) is 0 Å². The molecular weight excluding hydrogens is 240 g/mol. The number of carboxylic acid groups (broad SMARTS) is 1. The van der Waals surface area contributed by atoms with E-state index in [1.54, 1.807) is 0 Å². The number of unbranched alkanes of at least 4 members (excludes halogenated alkanes) is 1. The van der Waals surface area contributed by atoms with Gasteiger partial charge in [-0.05, 0) is 19.4 Å². The monoisotopic (exact) mass is 253 g/mol. The van der Waals surface area contributed by atoms with Crippen LogP contribution in [-0.2, 0) is 27.2 Å². The zero-order valence-electron chi connectivity index (χ0n) is 6.22. The fraction of sp³-hybridized carbons (Fsp3) is 0.833. The molecule has 0 unspecified atom stereocenters. The zero-order chi connectivity index (χ0) is 7.98. The third-order valence-corrected chi connectivity index (χ3v) is 1.29. The Morgan fingerprint density at radius 2 is 2.00 bits per heavy atom. The molecule has 1 atom stereocenters. The third-order valence-electron chi connectivity index (χ3n) is 1.29. The van der Waals surface area contributed by atoms with Crippen LogP contribution in [0.25, 0.3) is 0 Å². The molecule has 0 aromatic rings. The van der Waals surface area contributed by atoms with Gasteiger partial charge in [-0.25, -0.2) is 0 Å². The summed E-state index contributed by atoms with van der Waals surface area (Å²) in [6.07, 6.45) is 2.16. The second kappa shape index (κ2) is 8.23. The van der Waals surface area contributed by atoms with Crippen LogP contribution in [0.5, 0.6) is 0 Å². The summed E-state index contributed by atoms with van der Waals surface area (Å²) in [6, 6.07) is -0.716. The van der Waals surface area contributed by atoms with Crippen LogP contribution in [0.2, 0.25) is 0 Å². The van der Waals surface area contributed by atoms with Crippen LogP contribution in [-0.4, -0.2) is 23.7 Å². The number of aliphatic carboxylic acids is 1. The standard InChI is InChI=1S/C6H14N2O2.Ag/c7-4-2-1-3-5(8)6(9)10;/h5H,1-4,7-8H2,(H,9,10);/t5-;/m0./s1. The van der Waals surface area contributed by atoms with Crippen LogP contribution in [0.15, 0.2) is 0 Å². The number of nitrogens with two attached hydrogens (primary N) is 2. The van der Waals surface area contributed by atoms with Crippen LogP contribution in [0.1, 0.15) is 19.3 Å². The maximum absolute atomic E-state index is 10.1. The fourth-order valence-corrected chi connectivity index (χ4v) is 0.632. The Labute approximate surface area is 81.8 Å². The van der Waals surface area contributed by atoms with Crippen molar-refractivity contribution < 1.29 is 32.3 Å². The van der Waals surface area contributed by atoms with Crippen molar-refractivity contribution >= 4 is 5.97 Å². The molecular formula is C6H14AgN2O2. The third kappa shape index (κ3) is 8.03. The molecule has 0 spiro atoms. The van der Waals surface area contributed by atoms with Crippen LogP contribution < -0.4 is 11.5 Å². The quantitative estimate of drug-likeness (QED) is 0.457. The number of hydrogen-bond acceptors (Lipinski definition) is 3. The fourth-order valence-electron chi connectivity index (χ4n) is 0.632. The van der Waals surface area contributed by atoms with E-state index in [2.05, 4.69) is 0 Å². The average Bonchev–Trinajstić information content (AvgIpc) is 1.88. The molecule has 0 aromatic heterocycles. The summed E-state index contributed by atoms with van der Waals surface area (Å²) in [6.45, 7) is 0.604. The molecule has 0 amide bonds. The molecule has 11 heavy (non-hydrogen) atoms. The molecule has 5 N–H and O–H groups in total. The second-order valence-electron chi connectivity index (χ2n) is 2.23. The van der Waals surface area contributed by atoms with Gasteiger partial charge in [-0.15, -0.1) is 0 Å². The Morgan fingerprint density at radius 1 is 1.45 bits per heavy atom. The van der Waals surface area contributed by atoms with E-state index >= 15 is 0 Å². The van der Waals surface area contributed by atoms with Crippen molar-refractivity contribution in [3.8, 4) is 0 Å². The molecule has 0 saturated carbocycles. The molecule has 0 bridgehead atoms. The molecule has 0 aliphatic carbocycles. The minimum absolute atomic E-state index is 0. The number of carboxylic acids is 1. The zero-order valence-corrected chi connectivity index (χ0v) is 7.70. The Morgan fingerprint density at radius 3 is 2.36 bits per heavy atom. The van der Waals surface area contributed by atoms with E-state index in [4.69, 9.17) is 16.6 Å². The van der Waals surface area contributed by atoms with Gasteiger partial charge in [0.25, 0.3) is 0 Å². The predicted molar refractivity (Wildman–Crippen MR) is 38.5 cm³/mol. The van der Waals surface area contributed by atoms with Crippen molar-refractivity contribution in [2.45, 2.75) is 25.3 Å². The molecule has 0 saturated heterocycles. The van der Waals surface area contributed by atoms with Gasteiger partial charge in [0.05, 0.1) is 0 Å². The van der Waals surface area contributed by atoms with Crippen LogP contribution >= 0.6 is 0 Å². The van der Waals surface area contributed by atoms with Crippen LogP contribution in [0.4, 0.5) is 0 Å². The van der Waals surface area contributed by atoms with E-state index in [1.807, 2.05) is 0 Å². The van der Waals surface area contributed by atoms with Gasteiger partial charge in [0.15, 0.2) is 0 Å². The number of rotatable bonds is 5. The normalized spacial score (nSPS) is 11.8. The first-order valence-corrected chi connectivity index (χ1v) is 3.37. The van der Waals surface area contributed by atoms with Gasteiger partial charge in [0.1, 0.15) is 6.04 Å². The van der Waals surface area contributed by atoms with E-state index < -0.39 is 12.0 Å². The smallest absolute Gasteiger partial charge is 0.320 e. The minimum Gasteiger partial charge on any atom is -0.480 e. The molecule has 1 radical (unpaired) electrons. The molecule has 0 aliphatic heterocycles. The maximum Gasteiger partial charge on any atom is 0.320 e. The van der Waals surface area contributed by atoms with Gasteiger partial charge < -0.3 is 16.6 Å². The number of hydrogen-bond donors (Lipinski definition) is 3. The summed E-state index contributed by atoms with van der Waals surface area (Å²) >= 11 is 0. The van der Waals surface area contributed by atoms with Gasteiger partial charge in [0.2, 0.25) is 0 Å². The van der Waals surface area contributed by atoms with Crippen LogP contribution in [0.3, 0.4) is 0 Å². The second-order valence-corrected chi connectivity index (χ2v) is 2.23. The van der Waals surface area contributed by atoms with Gasteiger partial charge in [-0.2, -0.15) is 0 Å².